The number of methoxy groups -OCH3 is 1. The lowest BCUT2D eigenvalue weighted by Crippen LogP contribution is -2.27. The average molecular weight is 426 g/mol. The van der Waals surface area contributed by atoms with E-state index in [9.17, 15) is 18.4 Å². The number of amides is 1. The van der Waals surface area contributed by atoms with E-state index in [1.165, 1.54) is 13.2 Å². The predicted octanol–water partition coefficient (Wildman–Crippen LogP) is 3.44. The monoisotopic (exact) mass is 426 g/mol. The van der Waals surface area contributed by atoms with Gasteiger partial charge in [0.25, 0.3) is 15.9 Å². The molecule has 0 aliphatic carbocycles. The quantitative estimate of drug-likeness (QED) is 0.397. The summed E-state index contributed by atoms with van der Waals surface area (Å²) in [7, 11) is -2.52. The summed E-state index contributed by atoms with van der Waals surface area (Å²) >= 11 is 0. The van der Waals surface area contributed by atoms with Crippen LogP contribution in [0.3, 0.4) is 0 Å². The van der Waals surface area contributed by atoms with Gasteiger partial charge >= 0.3 is 0 Å². The number of nitrogens with one attached hydrogen (secondary N) is 2. The molecule has 0 spiro atoms. The van der Waals surface area contributed by atoms with Crippen molar-refractivity contribution in [3.05, 3.63) is 89.5 Å². The summed E-state index contributed by atoms with van der Waals surface area (Å²) in [5, 5.41) is 9.19. The van der Waals surface area contributed by atoms with Crippen molar-refractivity contribution in [2.45, 2.75) is 17.7 Å². The molecule has 3 rings (SSSR count). The molecule has 30 heavy (non-hydrogen) atoms. The Morgan fingerprint density at radius 1 is 0.967 bits per heavy atom. The zero-order valence-corrected chi connectivity index (χ0v) is 17.3. The van der Waals surface area contributed by atoms with Gasteiger partial charge in [-0.25, -0.2) is 13.9 Å². The van der Waals surface area contributed by atoms with E-state index in [1.54, 1.807) is 66.1 Å². The lowest BCUT2D eigenvalue weighted by Gasteiger charge is -2.17. The molecule has 8 heteroatoms. The van der Waals surface area contributed by atoms with Gasteiger partial charge in [-0.3, -0.25) is 14.7 Å². The standard InChI is InChI=1S/C22H22N2O5S/c1-15-11-12-20(19(13-15)29-2)30(27,28)24-18-10-6-9-17(14-18)21(22(25)23-26)16-7-4-3-5-8-16/h3-14,21,24,26H,1-2H3,(H,23,25). The number of aryl methyl sites for hydroxylation is 1. The summed E-state index contributed by atoms with van der Waals surface area (Å²) in [4.78, 5) is 12.3. The molecule has 0 bridgehead atoms. The Kier molecular flexibility index (Phi) is 6.39. The summed E-state index contributed by atoms with van der Waals surface area (Å²) in [6.07, 6.45) is 0. The van der Waals surface area contributed by atoms with Crippen molar-refractivity contribution in [1.29, 1.82) is 0 Å². The van der Waals surface area contributed by atoms with Crippen molar-refractivity contribution in [1.82, 2.24) is 5.48 Å². The number of rotatable bonds is 7. The number of hydrogen-bond acceptors (Lipinski definition) is 5. The van der Waals surface area contributed by atoms with Gasteiger partial charge in [-0.05, 0) is 47.9 Å². The maximum absolute atomic E-state index is 12.9. The molecule has 1 amide bonds. The molecule has 3 aromatic carbocycles. The van der Waals surface area contributed by atoms with Crippen LogP contribution in [0.25, 0.3) is 0 Å². The van der Waals surface area contributed by atoms with Crippen molar-refractivity contribution in [3.63, 3.8) is 0 Å². The molecule has 1 atom stereocenters. The van der Waals surface area contributed by atoms with Crippen molar-refractivity contribution in [2.24, 2.45) is 0 Å². The van der Waals surface area contributed by atoms with E-state index in [0.29, 0.717) is 11.1 Å². The van der Waals surface area contributed by atoms with Crippen LogP contribution in [0.4, 0.5) is 5.69 Å². The molecule has 1 unspecified atom stereocenters. The van der Waals surface area contributed by atoms with E-state index in [-0.39, 0.29) is 16.3 Å². The van der Waals surface area contributed by atoms with Gasteiger partial charge in [0.2, 0.25) is 0 Å². The summed E-state index contributed by atoms with van der Waals surface area (Å²) in [6, 6.07) is 20.2. The molecular weight excluding hydrogens is 404 g/mol. The molecule has 0 saturated heterocycles. The molecule has 7 nitrogen and oxygen atoms in total. The van der Waals surface area contributed by atoms with Crippen LogP contribution in [0.5, 0.6) is 5.75 Å². The fraction of sp³-hybridized carbons (Fsp3) is 0.136. The average Bonchev–Trinajstić information content (AvgIpc) is 2.74. The Labute approximate surface area is 175 Å². The smallest absolute Gasteiger partial charge is 0.265 e. The van der Waals surface area contributed by atoms with Crippen LogP contribution in [0, 0.1) is 6.92 Å². The molecule has 0 aliphatic heterocycles. The number of anilines is 1. The number of ether oxygens (including phenoxy) is 1. The highest BCUT2D eigenvalue weighted by Crippen LogP contribution is 2.30. The minimum atomic E-state index is -3.93. The topological polar surface area (TPSA) is 105 Å². The Balaban J connectivity index is 1.98. The SMILES string of the molecule is COc1cc(C)ccc1S(=O)(=O)Nc1cccc(C(C(=O)NO)c2ccccc2)c1. The lowest BCUT2D eigenvalue weighted by atomic mass is 9.90. The maximum Gasteiger partial charge on any atom is 0.265 e. The van der Waals surface area contributed by atoms with Gasteiger partial charge in [-0.2, -0.15) is 0 Å². The first-order chi connectivity index (χ1) is 14.4. The third kappa shape index (κ3) is 4.61. The first kappa shape index (κ1) is 21.4. The first-order valence-electron chi connectivity index (χ1n) is 9.12. The van der Waals surface area contributed by atoms with Gasteiger partial charge in [0.05, 0.1) is 13.0 Å². The molecule has 0 aromatic heterocycles. The van der Waals surface area contributed by atoms with Crippen LogP contribution in [-0.2, 0) is 14.8 Å². The maximum atomic E-state index is 12.9. The summed E-state index contributed by atoms with van der Waals surface area (Å²) in [5.41, 5.74) is 4.00. The molecule has 0 saturated carbocycles. The van der Waals surface area contributed by atoms with Crippen LogP contribution in [-0.4, -0.2) is 26.6 Å². The van der Waals surface area contributed by atoms with E-state index in [1.807, 2.05) is 13.0 Å². The van der Waals surface area contributed by atoms with Crippen LogP contribution in [0.2, 0.25) is 0 Å². The number of sulfonamides is 1. The second-order valence-corrected chi connectivity index (χ2v) is 8.36. The van der Waals surface area contributed by atoms with Gasteiger partial charge in [-0.15, -0.1) is 0 Å². The number of carbonyl (C=O) groups excluding carboxylic acids is 1. The van der Waals surface area contributed by atoms with E-state index in [2.05, 4.69) is 4.72 Å². The Bertz CT molecular complexity index is 1150. The number of hydrogen-bond donors (Lipinski definition) is 3. The third-order valence-corrected chi connectivity index (χ3v) is 6.01. The van der Waals surface area contributed by atoms with Gasteiger partial charge in [0, 0.05) is 5.69 Å². The molecule has 156 valence electrons. The summed E-state index contributed by atoms with van der Waals surface area (Å²) in [6.45, 7) is 1.84. The molecule has 0 aliphatic rings. The van der Waals surface area contributed by atoms with Gasteiger partial charge in [0.15, 0.2) is 0 Å². The first-order valence-corrected chi connectivity index (χ1v) is 10.6. The van der Waals surface area contributed by atoms with E-state index in [4.69, 9.17) is 4.74 Å². The molecule has 3 N–H and O–H groups in total. The molecule has 0 radical (unpaired) electrons. The Morgan fingerprint density at radius 3 is 2.33 bits per heavy atom. The number of hydroxylamine groups is 1. The Morgan fingerprint density at radius 2 is 1.67 bits per heavy atom. The van der Waals surface area contributed by atoms with Crippen LogP contribution < -0.4 is 14.9 Å². The summed E-state index contributed by atoms with van der Waals surface area (Å²) < 4.78 is 33.6. The predicted molar refractivity (Wildman–Crippen MR) is 113 cm³/mol. The van der Waals surface area contributed by atoms with Gasteiger partial charge in [-0.1, -0.05) is 48.5 Å². The number of carbonyl (C=O) groups is 1. The lowest BCUT2D eigenvalue weighted by molar-refractivity contribution is -0.129. The van der Waals surface area contributed by atoms with E-state index < -0.39 is 21.8 Å². The molecule has 0 fully saturated rings. The van der Waals surface area contributed by atoms with Crippen LogP contribution in [0.15, 0.2) is 77.7 Å². The highest BCUT2D eigenvalue weighted by Gasteiger charge is 2.24. The zero-order chi connectivity index (χ0) is 21.7. The van der Waals surface area contributed by atoms with Crippen LogP contribution in [0.1, 0.15) is 22.6 Å². The van der Waals surface area contributed by atoms with Crippen molar-refractivity contribution in [2.75, 3.05) is 11.8 Å². The van der Waals surface area contributed by atoms with Crippen molar-refractivity contribution >= 4 is 21.6 Å². The molecule has 3 aromatic rings. The van der Waals surface area contributed by atoms with Crippen molar-refractivity contribution < 1.29 is 23.2 Å². The number of benzene rings is 3. The minimum Gasteiger partial charge on any atom is -0.495 e. The zero-order valence-electron chi connectivity index (χ0n) is 16.5. The fourth-order valence-electron chi connectivity index (χ4n) is 3.19. The Hall–Kier alpha value is -3.36. The highest BCUT2D eigenvalue weighted by molar-refractivity contribution is 7.92. The molecular formula is C22H22N2O5S. The van der Waals surface area contributed by atoms with Gasteiger partial charge < -0.3 is 4.74 Å². The fourth-order valence-corrected chi connectivity index (χ4v) is 4.40. The minimum absolute atomic E-state index is 0.00807. The van der Waals surface area contributed by atoms with Crippen molar-refractivity contribution in [3.8, 4) is 5.75 Å². The normalized spacial score (nSPS) is 12.1. The second-order valence-electron chi connectivity index (χ2n) is 6.71. The van der Waals surface area contributed by atoms with E-state index >= 15 is 0 Å². The van der Waals surface area contributed by atoms with Gasteiger partial charge in [0.1, 0.15) is 10.6 Å². The second kappa shape index (κ2) is 8.98. The highest BCUT2D eigenvalue weighted by atomic mass is 32.2. The molecule has 0 heterocycles. The third-order valence-electron chi connectivity index (χ3n) is 4.59. The van der Waals surface area contributed by atoms with E-state index in [0.717, 1.165) is 5.56 Å². The van der Waals surface area contributed by atoms with Crippen LogP contribution >= 0.6 is 0 Å². The largest absolute Gasteiger partial charge is 0.495 e. The summed E-state index contributed by atoms with van der Waals surface area (Å²) in [5.74, 6) is -1.20.